The Bertz CT molecular complexity index is 274. The van der Waals surface area contributed by atoms with E-state index >= 15 is 0 Å². The fourth-order valence-electron chi connectivity index (χ4n) is 4.02. The van der Waals surface area contributed by atoms with E-state index in [0.717, 1.165) is 18.0 Å². The molecule has 0 spiro atoms. The topological polar surface area (TPSA) is 18.5 Å². The Morgan fingerprint density at radius 3 is 2.52 bits per heavy atom. The van der Waals surface area contributed by atoms with Gasteiger partial charge in [-0.2, -0.15) is 0 Å². The predicted molar refractivity (Wildman–Crippen MR) is 91.8 cm³/mol. The quantitative estimate of drug-likeness (QED) is 0.743. The molecule has 3 atom stereocenters. The zero-order chi connectivity index (χ0) is 15.1. The molecular formula is C18H37N3. The number of hydrogen-bond donors (Lipinski definition) is 1. The molecule has 0 amide bonds. The van der Waals surface area contributed by atoms with Gasteiger partial charge in [0.25, 0.3) is 0 Å². The van der Waals surface area contributed by atoms with Crippen molar-refractivity contribution in [1.29, 1.82) is 0 Å². The van der Waals surface area contributed by atoms with Crippen LogP contribution in [-0.2, 0) is 0 Å². The maximum absolute atomic E-state index is 3.77. The van der Waals surface area contributed by atoms with Gasteiger partial charge < -0.3 is 10.2 Å². The fraction of sp³-hybridized carbons (Fsp3) is 1.00. The summed E-state index contributed by atoms with van der Waals surface area (Å²) in [5.74, 6) is 0.934. The van der Waals surface area contributed by atoms with Crippen molar-refractivity contribution in [2.75, 3.05) is 39.3 Å². The molecule has 3 nitrogen and oxygen atoms in total. The molecule has 2 fully saturated rings. The lowest BCUT2D eigenvalue weighted by Gasteiger charge is -2.38. The molecule has 0 aromatic rings. The van der Waals surface area contributed by atoms with Gasteiger partial charge >= 0.3 is 0 Å². The van der Waals surface area contributed by atoms with Gasteiger partial charge in [-0.1, -0.05) is 20.3 Å². The Morgan fingerprint density at radius 2 is 1.86 bits per heavy atom. The van der Waals surface area contributed by atoms with Gasteiger partial charge in [0.1, 0.15) is 0 Å². The van der Waals surface area contributed by atoms with E-state index in [1.54, 1.807) is 0 Å². The van der Waals surface area contributed by atoms with Crippen molar-refractivity contribution < 1.29 is 0 Å². The largest absolute Gasteiger partial charge is 0.314 e. The third kappa shape index (κ3) is 5.22. The van der Waals surface area contributed by atoms with E-state index in [4.69, 9.17) is 0 Å². The van der Waals surface area contributed by atoms with Gasteiger partial charge in [-0.15, -0.1) is 0 Å². The first-order chi connectivity index (χ1) is 10.2. The minimum absolute atomic E-state index is 0.768. The first-order valence-electron chi connectivity index (χ1n) is 9.44. The molecule has 1 aliphatic heterocycles. The molecule has 0 aromatic heterocycles. The second kappa shape index (κ2) is 9.12. The highest BCUT2D eigenvalue weighted by atomic mass is 15.3. The molecule has 21 heavy (non-hydrogen) atoms. The van der Waals surface area contributed by atoms with Crippen LogP contribution in [0.15, 0.2) is 0 Å². The lowest BCUT2D eigenvalue weighted by molar-refractivity contribution is 0.0958. The van der Waals surface area contributed by atoms with Gasteiger partial charge in [0.05, 0.1) is 0 Å². The lowest BCUT2D eigenvalue weighted by Crippen LogP contribution is -2.49. The maximum atomic E-state index is 3.77. The van der Waals surface area contributed by atoms with E-state index in [0.29, 0.717) is 0 Å². The zero-order valence-electron chi connectivity index (χ0n) is 14.6. The van der Waals surface area contributed by atoms with Crippen LogP contribution in [0.5, 0.6) is 0 Å². The summed E-state index contributed by atoms with van der Waals surface area (Å²) in [7, 11) is 0. The Hall–Kier alpha value is -0.120. The van der Waals surface area contributed by atoms with Crippen LogP contribution in [0.25, 0.3) is 0 Å². The van der Waals surface area contributed by atoms with E-state index in [-0.39, 0.29) is 0 Å². The normalized spacial score (nSPS) is 29.9. The fourth-order valence-corrected chi connectivity index (χ4v) is 4.02. The number of nitrogens with one attached hydrogen (secondary N) is 1. The van der Waals surface area contributed by atoms with Crippen molar-refractivity contribution >= 4 is 0 Å². The van der Waals surface area contributed by atoms with Crippen LogP contribution in [0.1, 0.15) is 59.3 Å². The van der Waals surface area contributed by atoms with Crippen LogP contribution in [-0.4, -0.2) is 61.2 Å². The highest BCUT2D eigenvalue weighted by molar-refractivity contribution is 4.84. The number of rotatable bonds is 8. The predicted octanol–water partition coefficient (Wildman–Crippen LogP) is 2.96. The molecule has 124 valence electrons. The summed E-state index contributed by atoms with van der Waals surface area (Å²) < 4.78 is 0. The smallest absolute Gasteiger partial charge is 0.0113 e. The zero-order valence-corrected chi connectivity index (χ0v) is 14.6. The molecule has 2 rings (SSSR count). The summed E-state index contributed by atoms with van der Waals surface area (Å²) in [6, 6.07) is 1.58. The second-order valence-electron chi connectivity index (χ2n) is 7.18. The van der Waals surface area contributed by atoms with Gasteiger partial charge in [0.15, 0.2) is 0 Å². The first kappa shape index (κ1) is 17.2. The average Bonchev–Trinajstić information content (AvgIpc) is 2.98. The standard InChI is InChI=1S/C18H37N3/c1-4-10-19-18-8-6-7-17(18)9-11-20-12-14-21(15-13-20)16(3)5-2/h16-19H,4-15H2,1-3H3. The molecule has 1 saturated carbocycles. The molecule has 1 saturated heterocycles. The van der Waals surface area contributed by atoms with E-state index in [2.05, 4.69) is 35.9 Å². The molecule has 3 heteroatoms. The molecule has 0 bridgehead atoms. The van der Waals surface area contributed by atoms with Crippen LogP contribution < -0.4 is 5.32 Å². The minimum atomic E-state index is 0.768. The Morgan fingerprint density at radius 1 is 1.10 bits per heavy atom. The SMILES string of the molecule is CCCNC1CCCC1CCN1CCN(C(C)CC)CC1. The van der Waals surface area contributed by atoms with Crippen molar-refractivity contribution in [1.82, 2.24) is 15.1 Å². The summed E-state index contributed by atoms with van der Waals surface area (Å²) in [6.07, 6.45) is 8.26. The van der Waals surface area contributed by atoms with Crippen molar-refractivity contribution in [3.8, 4) is 0 Å². The lowest BCUT2D eigenvalue weighted by atomic mass is 9.99. The molecule has 1 N–H and O–H groups in total. The molecule has 2 aliphatic rings. The van der Waals surface area contributed by atoms with E-state index in [9.17, 15) is 0 Å². The molecule has 0 radical (unpaired) electrons. The Labute approximate surface area is 132 Å². The molecule has 3 unspecified atom stereocenters. The third-order valence-electron chi connectivity index (χ3n) is 5.75. The Kier molecular flexibility index (Phi) is 7.48. The second-order valence-corrected chi connectivity index (χ2v) is 7.18. The molecule has 0 aromatic carbocycles. The van der Waals surface area contributed by atoms with Crippen LogP contribution in [0.2, 0.25) is 0 Å². The molecule has 1 heterocycles. The van der Waals surface area contributed by atoms with E-state index in [1.807, 2.05) is 0 Å². The van der Waals surface area contributed by atoms with Gasteiger partial charge in [-0.25, -0.2) is 0 Å². The van der Waals surface area contributed by atoms with Crippen LogP contribution in [0.4, 0.5) is 0 Å². The number of piperazine rings is 1. The maximum Gasteiger partial charge on any atom is 0.0113 e. The Balaban J connectivity index is 1.65. The summed E-state index contributed by atoms with van der Waals surface area (Å²) in [6.45, 7) is 14.6. The summed E-state index contributed by atoms with van der Waals surface area (Å²) in [4.78, 5) is 5.37. The van der Waals surface area contributed by atoms with Gasteiger partial charge in [-0.05, 0) is 58.0 Å². The third-order valence-corrected chi connectivity index (χ3v) is 5.75. The van der Waals surface area contributed by atoms with Crippen LogP contribution >= 0.6 is 0 Å². The van der Waals surface area contributed by atoms with Crippen LogP contribution in [0, 0.1) is 5.92 Å². The van der Waals surface area contributed by atoms with Crippen molar-refractivity contribution in [3.63, 3.8) is 0 Å². The van der Waals surface area contributed by atoms with Crippen molar-refractivity contribution in [2.45, 2.75) is 71.4 Å². The average molecular weight is 296 g/mol. The van der Waals surface area contributed by atoms with Crippen molar-refractivity contribution in [3.05, 3.63) is 0 Å². The highest BCUT2D eigenvalue weighted by Crippen LogP contribution is 2.28. The summed E-state index contributed by atoms with van der Waals surface area (Å²) >= 11 is 0. The number of nitrogens with zero attached hydrogens (tertiary/aromatic N) is 2. The first-order valence-corrected chi connectivity index (χ1v) is 9.44. The summed E-state index contributed by atoms with van der Waals surface area (Å²) in [5.41, 5.74) is 0. The minimum Gasteiger partial charge on any atom is -0.314 e. The highest BCUT2D eigenvalue weighted by Gasteiger charge is 2.27. The monoisotopic (exact) mass is 295 g/mol. The number of hydrogen-bond acceptors (Lipinski definition) is 3. The molecule has 1 aliphatic carbocycles. The van der Waals surface area contributed by atoms with E-state index < -0.39 is 0 Å². The van der Waals surface area contributed by atoms with Crippen LogP contribution in [0.3, 0.4) is 0 Å². The van der Waals surface area contributed by atoms with Gasteiger partial charge in [0, 0.05) is 38.3 Å². The van der Waals surface area contributed by atoms with Crippen molar-refractivity contribution in [2.24, 2.45) is 5.92 Å². The van der Waals surface area contributed by atoms with Gasteiger partial charge in [-0.3, -0.25) is 4.90 Å². The molecular weight excluding hydrogens is 258 g/mol. The summed E-state index contributed by atoms with van der Waals surface area (Å²) in [5, 5.41) is 3.77. The van der Waals surface area contributed by atoms with Gasteiger partial charge in [0.2, 0.25) is 0 Å². The van der Waals surface area contributed by atoms with E-state index in [1.165, 1.54) is 77.8 Å².